The number of fused-ring (bicyclic) bond motifs is 4. The van der Waals surface area contributed by atoms with Crippen molar-refractivity contribution in [1.82, 2.24) is 4.90 Å². The lowest BCUT2D eigenvalue weighted by Crippen LogP contribution is -2.59. The molecule has 0 aliphatic carbocycles. The van der Waals surface area contributed by atoms with Crippen LogP contribution in [0, 0.1) is 11.8 Å². The number of hydrogen-bond acceptors (Lipinski definition) is 7. The fraction of sp³-hybridized carbons (Fsp3) is 0.545. The van der Waals surface area contributed by atoms with Crippen molar-refractivity contribution in [3.8, 4) is 5.75 Å². The number of ether oxygens (including phenoxy) is 3. The normalized spacial score (nSPS) is 35.1. The summed E-state index contributed by atoms with van der Waals surface area (Å²) in [6.45, 7) is 3.71. The molecule has 2 fully saturated rings. The number of nitrogens with zero attached hydrogens (tertiary/aromatic N) is 1. The number of rotatable bonds is 2. The number of ketones is 1. The molecule has 0 radical (unpaired) electrons. The summed E-state index contributed by atoms with van der Waals surface area (Å²) in [6.07, 6.45) is 3.07. The zero-order valence-corrected chi connectivity index (χ0v) is 16.9. The minimum atomic E-state index is -0.650. The Morgan fingerprint density at radius 1 is 1.34 bits per heavy atom. The van der Waals surface area contributed by atoms with Crippen molar-refractivity contribution < 1.29 is 23.8 Å². The number of Topliss-reactive ketones (excluding diaryl/α,β-unsaturated/α-hetero) is 1. The molecule has 1 aromatic carbocycles. The highest BCUT2D eigenvalue weighted by atomic mass is 16.5. The molecule has 2 saturated heterocycles. The van der Waals surface area contributed by atoms with Crippen molar-refractivity contribution in [3.63, 3.8) is 0 Å². The molecule has 5 atom stereocenters. The Kier molecular flexibility index (Phi) is 4.13. The number of carbonyl (C=O) groups is 2. The highest BCUT2D eigenvalue weighted by Crippen LogP contribution is 2.50. The van der Waals surface area contributed by atoms with E-state index in [0.717, 1.165) is 42.9 Å². The summed E-state index contributed by atoms with van der Waals surface area (Å²) in [4.78, 5) is 28.3. The summed E-state index contributed by atoms with van der Waals surface area (Å²) in [5.74, 6) is 0.763. The zero-order chi connectivity index (χ0) is 20.3. The minimum Gasteiger partial charge on any atom is -0.497 e. The molecular formula is C22H26N2O5. The molecular weight excluding hydrogens is 372 g/mol. The Bertz CT molecular complexity index is 912. The van der Waals surface area contributed by atoms with Gasteiger partial charge in [-0.1, -0.05) is 0 Å². The summed E-state index contributed by atoms with van der Waals surface area (Å²) in [5.41, 5.74) is 1.49. The van der Waals surface area contributed by atoms with E-state index in [9.17, 15) is 9.59 Å². The second-order valence-corrected chi connectivity index (χ2v) is 8.51. The van der Waals surface area contributed by atoms with E-state index in [1.54, 1.807) is 13.4 Å². The number of piperidine rings is 1. The summed E-state index contributed by atoms with van der Waals surface area (Å²) < 4.78 is 16.1. The summed E-state index contributed by atoms with van der Waals surface area (Å²) in [5, 5.41) is 3.56. The highest BCUT2D eigenvalue weighted by Gasteiger charge is 2.60. The van der Waals surface area contributed by atoms with Gasteiger partial charge >= 0.3 is 5.97 Å². The number of carbonyl (C=O) groups excluding carboxylic acids is 2. The molecule has 1 spiro atoms. The molecule has 0 amide bonds. The molecule has 154 valence electrons. The predicted molar refractivity (Wildman–Crippen MR) is 106 cm³/mol. The summed E-state index contributed by atoms with van der Waals surface area (Å²) >= 11 is 0. The molecule has 4 aliphatic rings. The Balaban J connectivity index is 1.49. The molecule has 4 heterocycles. The molecule has 5 rings (SSSR count). The first-order valence-electron chi connectivity index (χ1n) is 10.2. The van der Waals surface area contributed by atoms with E-state index in [-0.39, 0.29) is 35.7 Å². The number of hydrogen-bond donors (Lipinski definition) is 1. The van der Waals surface area contributed by atoms with Gasteiger partial charge in [0.15, 0.2) is 5.78 Å². The number of methoxy groups -OCH3 is 2. The van der Waals surface area contributed by atoms with Crippen molar-refractivity contribution in [2.75, 3.05) is 32.6 Å². The maximum Gasteiger partial charge on any atom is 0.337 e. The quantitative estimate of drug-likeness (QED) is 0.766. The molecule has 4 aliphatic heterocycles. The van der Waals surface area contributed by atoms with Gasteiger partial charge < -0.3 is 19.5 Å². The number of anilines is 1. The molecule has 0 bridgehead atoms. The van der Waals surface area contributed by atoms with Crippen LogP contribution in [0.4, 0.5) is 5.69 Å². The molecule has 29 heavy (non-hydrogen) atoms. The Hall–Kier alpha value is -2.54. The van der Waals surface area contributed by atoms with Gasteiger partial charge in [-0.25, -0.2) is 4.79 Å². The van der Waals surface area contributed by atoms with Crippen LogP contribution in [0.25, 0.3) is 0 Å². The number of benzene rings is 1. The van der Waals surface area contributed by atoms with Crippen LogP contribution in [-0.4, -0.2) is 61.6 Å². The van der Waals surface area contributed by atoms with Crippen LogP contribution in [0.15, 0.2) is 30.0 Å². The fourth-order valence-corrected chi connectivity index (χ4v) is 5.76. The lowest BCUT2D eigenvalue weighted by atomic mass is 9.70. The maximum absolute atomic E-state index is 13.5. The van der Waals surface area contributed by atoms with Crippen molar-refractivity contribution >= 4 is 17.4 Å². The standard InChI is InChI=1S/C22H26N2O5/c1-12-16-10-24-7-6-22(19(24)9-15(16)17(11-29-12)21(26)28-3)20(25)14-5-4-13(27-2)8-18(14)23-22/h4-5,8,11-12,15-16,19,23H,6-7,9-10H2,1-3H3/t12-,15+,16-,19-,22+/m0/s1. The van der Waals surface area contributed by atoms with E-state index in [4.69, 9.17) is 14.2 Å². The van der Waals surface area contributed by atoms with Gasteiger partial charge in [0.25, 0.3) is 0 Å². The van der Waals surface area contributed by atoms with E-state index >= 15 is 0 Å². The lowest BCUT2D eigenvalue weighted by Gasteiger charge is -2.48. The van der Waals surface area contributed by atoms with Gasteiger partial charge in [0.2, 0.25) is 0 Å². The first kappa shape index (κ1) is 18.5. The smallest absolute Gasteiger partial charge is 0.337 e. The minimum absolute atomic E-state index is 0.0213. The fourth-order valence-electron chi connectivity index (χ4n) is 5.76. The first-order valence-corrected chi connectivity index (χ1v) is 10.2. The maximum atomic E-state index is 13.5. The molecule has 1 N–H and O–H groups in total. The Morgan fingerprint density at radius 3 is 2.93 bits per heavy atom. The van der Waals surface area contributed by atoms with Crippen molar-refractivity contribution in [2.45, 2.75) is 37.5 Å². The monoisotopic (exact) mass is 398 g/mol. The van der Waals surface area contributed by atoms with E-state index < -0.39 is 5.54 Å². The van der Waals surface area contributed by atoms with E-state index in [1.807, 2.05) is 18.2 Å². The van der Waals surface area contributed by atoms with Gasteiger partial charge in [-0.2, -0.15) is 0 Å². The molecule has 7 heteroatoms. The van der Waals surface area contributed by atoms with Crippen molar-refractivity contribution in [3.05, 3.63) is 35.6 Å². The van der Waals surface area contributed by atoms with Crippen LogP contribution in [0.3, 0.4) is 0 Å². The average molecular weight is 398 g/mol. The third kappa shape index (κ3) is 2.53. The Morgan fingerprint density at radius 2 is 2.17 bits per heavy atom. The van der Waals surface area contributed by atoms with Gasteiger partial charge in [0.1, 0.15) is 11.3 Å². The van der Waals surface area contributed by atoms with Crippen LogP contribution in [-0.2, 0) is 14.3 Å². The van der Waals surface area contributed by atoms with Crippen LogP contribution < -0.4 is 10.1 Å². The van der Waals surface area contributed by atoms with Crippen LogP contribution in [0.1, 0.15) is 30.1 Å². The SMILES string of the molecule is COC(=O)C1=CO[C@@H](C)[C@@H]2CN3CC[C@@]4(Nc5cc(OC)ccc5C4=O)[C@@H]3C[C@@H]12. The van der Waals surface area contributed by atoms with Gasteiger partial charge in [0.05, 0.1) is 32.2 Å². The molecule has 0 unspecified atom stereocenters. The van der Waals surface area contributed by atoms with E-state index in [2.05, 4.69) is 17.1 Å². The third-order valence-corrected chi connectivity index (χ3v) is 7.31. The first-order chi connectivity index (χ1) is 14.0. The van der Waals surface area contributed by atoms with Crippen LogP contribution >= 0.6 is 0 Å². The van der Waals surface area contributed by atoms with Crippen molar-refractivity contribution in [2.24, 2.45) is 11.8 Å². The van der Waals surface area contributed by atoms with E-state index in [1.165, 1.54) is 7.11 Å². The van der Waals surface area contributed by atoms with Gasteiger partial charge in [-0.3, -0.25) is 9.69 Å². The Labute approximate surface area is 170 Å². The lowest BCUT2D eigenvalue weighted by molar-refractivity contribution is -0.139. The number of esters is 1. The van der Waals surface area contributed by atoms with Gasteiger partial charge in [0, 0.05) is 48.3 Å². The van der Waals surface area contributed by atoms with Crippen molar-refractivity contribution in [1.29, 1.82) is 0 Å². The molecule has 0 saturated carbocycles. The van der Waals surface area contributed by atoms with Gasteiger partial charge in [-0.05, 0) is 31.9 Å². The zero-order valence-electron chi connectivity index (χ0n) is 16.9. The van der Waals surface area contributed by atoms with Crippen LogP contribution in [0.2, 0.25) is 0 Å². The topological polar surface area (TPSA) is 77.1 Å². The largest absolute Gasteiger partial charge is 0.497 e. The summed E-state index contributed by atoms with van der Waals surface area (Å²) in [6, 6.07) is 5.60. The average Bonchev–Trinajstić information content (AvgIpc) is 3.24. The predicted octanol–water partition coefficient (Wildman–Crippen LogP) is 2.23. The number of nitrogens with one attached hydrogen (secondary N) is 1. The second-order valence-electron chi connectivity index (χ2n) is 8.51. The molecule has 0 aromatic heterocycles. The van der Waals surface area contributed by atoms with E-state index in [0.29, 0.717) is 5.57 Å². The molecule has 7 nitrogen and oxygen atoms in total. The summed E-state index contributed by atoms with van der Waals surface area (Å²) in [7, 11) is 3.02. The third-order valence-electron chi connectivity index (χ3n) is 7.31. The molecule has 1 aromatic rings. The van der Waals surface area contributed by atoms with Gasteiger partial charge in [-0.15, -0.1) is 0 Å². The highest BCUT2D eigenvalue weighted by molar-refractivity contribution is 6.14. The van der Waals surface area contributed by atoms with Crippen LogP contribution in [0.5, 0.6) is 5.75 Å². The second kappa shape index (κ2) is 6.49.